The Labute approximate surface area is 304 Å². The molecule has 1 spiro atoms. The van der Waals surface area contributed by atoms with Crippen molar-refractivity contribution in [2.75, 3.05) is 11.9 Å². The molecule has 3 aliphatic heterocycles. The van der Waals surface area contributed by atoms with Crippen LogP contribution in [0.2, 0.25) is 0 Å². The Morgan fingerprint density at radius 3 is 2.57 bits per heavy atom. The number of anilines is 1. The molecule has 0 radical (unpaired) electrons. The summed E-state index contributed by atoms with van der Waals surface area (Å²) in [7, 11) is 0. The van der Waals surface area contributed by atoms with E-state index in [1.807, 2.05) is 74.5 Å². The summed E-state index contributed by atoms with van der Waals surface area (Å²) in [5.41, 5.74) is 2.94. The number of aromatic amines is 1. The highest BCUT2D eigenvalue weighted by Crippen LogP contribution is 2.58. The van der Waals surface area contributed by atoms with Gasteiger partial charge in [0.2, 0.25) is 17.7 Å². The smallest absolute Gasteiger partial charge is 0.273 e. The Bertz CT molecular complexity index is 2290. The van der Waals surface area contributed by atoms with Gasteiger partial charge in [0, 0.05) is 40.3 Å². The first kappa shape index (κ1) is 34.2. The molecule has 0 aliphatic carbocycles. The predicted molar refractivity (Wildman–Crippen MR) is 194 cm³/mol. The van der Waals surface area contributed by atoms with Gasteiger partial charge in [-0.25, -0.2) is 4.98 Å². The lowest BCUT2D eigenvalue weighted by molar-refractivity contribution is -0.135. The van der Waals surface area contributed by atoms with E-state index in [1.54, 1.807) is 26.1 Å². The first-order valence-electron chi connectivity index (χ1n) is 17.8. The van der Waals surface area contributed by atoms with Crippen LogP contribution in [0.1, 0.15) is 82.9 Å². The number of para-hydroxylation sites is 2. The van der Waals surface area contributed by atoms with Crippen molar-refractivity contribution in [1.29, 1.82) is 0 Å². The highest BCUT2D eigenvalue weighted by atomic mass is 16.5. The zero-order valence-corrected chi connectivity index (χ0v) is 29.7. The lowest BCUT2D eigenvalue weighted by Crippen LogP contribution is -2.52. The van der Waals surface area contributed by atoms with E-state index in [4.69, 9.17) is 14.1 Å². The average molecular weight is 717 g/mol. The number of carbonyl (C=O) groups excluding carboxylic acids is 4. The zero-order valence-electron chi connectivity index (χ0n) is 29.7. The molecular weight excluding hydrogens is 676 g/mol. The van der Waals surface area contributed by atoms with E-state index < -0.39 is 47.6 Å². The number of ether oxygens (including phenoxy) is 1. The maximum absolute atomic E-state index is 14.4. The minimum atomic E-state index is -1.32. The number of hydrogen-bond donors (Lipinski definition) is 6. The van der Waals surface area contributed by atoms with Crippen molar-refractivity contribution in [2.45, 2.75) is 63.9 Å². The molecule has 2 aromatic heterocycles. The summed E-state index contributed by atoms with van der Waals surface area (Å²) >= 11 is 0. The summed E-state index contributed by atoms with van der Waals surface area (Å²) in [6, 6.07) is 18.7. The second-order valence-electron chi connectivity index (χ2n) is 14.6. The van der Waals surface area contributed by atoms with Gasteiger partial charge in [0.25, 0.3) is 5.91 Å². The molecule has 3 aliphatic rings. The standard InChI is InChI=1S/C40H40N6O7/c1-19(2)31-38-46-32(36(50)42-18-29(47)23-17-41-26-11-7-5-9-22(23)26)34(53-38)40-24-10-6-8-12-27(24)44-39(40)52-30-14-13-21(15-25(30)40)16-28(35(49)45-31)43-37(51)33(48)20(3)4/h5-15,17,19-20,28,31,33,39,41,44,48H,16,18H2,1-4H3,(H,42,50)(H,43,51)(H,45,49)/t28-,31-,33-,39?,40?/m0/s1. The fraction of sp³-hybridized carbons (Fsp3) is 0.325. The molecule has 5 atom stereocenters. The minimum absolute atomic E-state index is 0.0545. The Morgan fingerprint density at radius 1 is 1.00 bits per heavy atom. The van der Waals surface area contributed by atoms with Crippen LogP contribution in [0.5, 0.6) is 5.75 Å². The van der Waals surface area contributed by atoms with Crippen LogP contribution < -0.4 is 26.0 Å². The van der Waals surface area contributed by atoms with Crippen molar-refractivity contribution in [3.8, 4) is 5.75 Å². The number of H-pyrrole nitrogens is 1. The number of amides is 3. The summed E-state index contributed by atoms with van der Waals surface area (Å²) < 4.78 is 13.3. The number of nitrogens with zero attached hydrogens (tertiary/aromatic N) is 1. The Hall–Kier alpha value is -5.95. The number of Topliss-reactive ketones (excluding diaryl/α,β-unsaturated/α-hetero) is 1. The Kier molecular flexibility index (Phi) is 8.33. The van der Waals surface area contributed by atoms with Crippen molar-refractivity contribution >= 4 is 40.1 Å². The van der Waals surface area contributed by atoms with Crippen LogP contribution in [0.25, 0.3) is 10.9 Å². The van der Waals surface area contributed by atoms with Crippen LogP contribution in [0.4, 0.5) is 5.69 Å². The van der Waals surface area contributed by atoms with Gasteiger partial charge < -0.3 is 40.5 Å². The highest BCUT2D eigenvalue weighted by Gasteiger charge is 2.61. The number of aliphatic hydroxyl groups is 1. The highest BCUT2D eigenvalue weighted by molar-refractivity contribution is 6.10. The van der Waals surface area contributed by atoms with E-state index in [0.717, 1.165) is 22.2 Å². The first-order chi connectivity index (χ1) is 25.5. The van der Waals surface area contributed by atoms with E-state index in [9.17, 15) is 24.3 Å². The number of rotatable bonds is 8. The molecule has 6 N–H and O–H groups in total. The molecule has 13 heteroatoms. The molecule has 0 fully saturated rings. The SMILES string of the molecule is CC(C)[C@H](O)C(=O)N[C@H]1Cc2ccc3c(c2)C2(c4ccccc4NC2O3)c2oc(nc2C(=O)NCC(=O)c2c[nH]c3ccccc23)[C@H](C(C)C)NC1=O. The van der Waals surface area contributed by atoms with E-state index in [1.165, 1.54) is 0 Å². The quantitative estimate of drug-likeness (QED) is 0.129. The summed E-state index contributed by atoms with van der Waals surface area (Å²) in [6.45, 7) is 6.89. The fourth-order valence-corrected chi connectivity index (χ4v) is 7.66. The third kappa shape index (κ3) is 5.54. The van der Waals surface area contributed by atoms with Gasteiger partial charge in [-0.3, -0.25) is 19.2 Å². The zero-order chi connectivity index (χ0) is 37.2. The number of benzene rings is 3. The largest absolute Gasteiger partial charge is 0.469 e. The first-order valence-corrected chi connectivity index (χ1v) is 17.8. The van der Waals surface area contributed by atoms with Crippen LogP contribution in [0.15, 0.2) is 77.3 Å². The molecule has 13 nitrogen and oxygen atoms in total. The molecule has 4 bridgehead atoms. The number of aromatic nitrogens is 2. The summed E-state index contributed by atoms with van der Waals surface area (Å²) in [6.07, 6.45) is -0.324. The van der Waals surface area contributed by atoms with E-state index in [0.29, 0.717) is 22.4 Å². The lowest BCUT2D eigenvalue weighted by Gasteiger charge is -2.29. The van der Waals surface area contributed by atoms with Gasteiger partial charge >= 0.3 is 0 Å². The minimum Gasteiger partial charge on any atom is -0.469 e. The predicted octanol–water partition coefficient (Wildman–Crippen LogP) is 4.12. The second-order valence-corrected chi connectivity index (χ2v) is 14.6. The van der Waals surface area contributed by atoms with Gasteiger partial charge in [-0.15, -0.1) is 0 Å². The molecule has 3 amide bonds. The maximum atomic E-state index is 14.4. The second kappa shape index (κ2) is 12.9. The molecule has 8 rings (SSSR count). The van der Waals surface area contributed by atoms with E-state index in [-0.39, 0.29) is 47.9 Å². The topological polar surface area (TPSA) is 188 Å². The third-order valence-electron chi connectivity index (χ3n) is 10.5. The normalized spacial score (nSPS) is 21.8. The van der Waals surface area contributed by atoms with Gasteiger partial charge in [0.15, 0.2) is 23.5 Å². The number of hydrogen-bond acceptors (Lipinski definition) is 9. The number of carbonyl (C=O) groups is 4. The summed E-state index contributed by atoms with van der Waals surface area (Å²) in [5.74, 6) is -1.94. The average Bonchev–Trinajstić information content (AvgIpc) is 3.91. The van der Waals surface area contributed by atoms with Crippen molar-refractivity contribution in [2.24, 2.45) is 11.8 Å². The molecule has 2 unspecified atom stereocenters. The summed E-state index contributed by atoms with van der Waals surface area (Å²) in [5, 5.41) is 23.3. The van der Waals surface area contributed by atoms with Crippen LogP contribution >= 0.6 is 0 Å². The molecule has 0 saturated heterocycles. The van der Waals surface area contributed by atoms with Gasteiger partial charge in [0.05, 0.1) is 6.54 Å². The summed E-state index contributed by atoms with van der Waals surface area (Å²) in [4.78, 5) is 62.9. The molecule has 3 aromatic carbocycles. The van der Waals surface area contributed by atoms with Crippen LogP contribution in [-0.4, -0.2) is 63.5 Å². The number of aliphatic hydroxyl groups excluding tert-OH is 1. The Balaban J connectivity index is 1.26. The van der Waals surface area contributed by atoms with Crippen LogP contribution in [0, 0.1) is 11.8 Å². The van der Waals surface area contributed by atoms with Crippen molar-refractivity contribution in [3.05, 3.63) is 113 Å². The van der Waals surface area contributed by atoms with Crippen molar-refractivity contribution < 1.29 is 33.4 Å². The van der Waals surface area contributed by atoms with E-state index in [2.05, 4.69) is 26.3 Å². The maximum Gasteiger partial charge on any atom is 0.273 e. The number of oxazole rings is 1. The molecule has 5 heterocycles. The number of fused-ring (bicyclic) bond motifs is 5. The van der Waals surface area contributed by atoms with Crippen molar-refractivity contribution in [1.82, 2.24) is 25.9 Å². The van der Waals surface area contributed by atoms with Gasteiger partial charge in [0.1, 0.15) is 29.4 Å². The lowest BCUT2D eigenvalue weighted by atomic mass is 9.72. The number of nitrogens with one attached hydrogen (secondary N) is 5. The Morgan fingerprint density at radius 2 is 1.77 bits per heavy atom. The monoisotopic (exact) mass is 716 g/mol. The molecule has 53 heavy (non-hydrogen) atoms. The van der Waals surface area contributed by atoms with Crippen LogP contribution in [0.3, 0.4) is 0 Å². The molecule has 0 saturated carbocycles. The number of ketones is 1. The van der Waals surface area contributed by atoms with Gasteiger partial charge in [-0.1, -0.05) is 76.2 Å². The van der Waals surface area contributed by atoms with Crippen LogP contribution in [-0.2, 0) is 21.4 Å². The fourth-order valence-electron chi connectivity index (χ4n) is 7.66. The van der Waals surface area contributed by atoms with Crippen molar-refractivity contribution in [3.63, 3.8) is 0 Å². The van der Waals surface area contributed by atoms with Gasteiger partial charge in [-0.2, -0.15) is 0 Å². The molecule has 272 valence electrons. The van der Waals surface area contributed by atoms with E-state index >= 15 is 0 Å². The van der Waals surface area contributed by atoms with Gasteiger partial charge in [-0.05, 0) is 41.2 Å². The molecule has 5 aromatic rings. The third-order valence-corrected chi connectivity index (χ3v) is 10.5. The molecular formula is C40H40N6O7.